The maximum absolute atomic E-state index is 11.8. The molecule has 41 heavy (non-hydrogen) atoms. The van der Waals surface area contributed by atoms with Gasteiger partial charge < -0.3 is 18.9 Å². The molecule has 1 aliphatic carbocycles. The molecular formula is C35H60O6. The fourth-order valence-electron chi connectivity index (χ4n) is 6.54. The predicted molar refractivity (Wildman–Crippen MR) is 164 cm³/mol. The quantitative estimate of drug-likeness (QED) is 0.0469. The van der Waals surface area contributed by atoms with E-state index in [1.54, 1.807) is 5.57 Å². The van der Waals surface area contributed by atoms with Crippen LogP contribution in [0.4, 0.5) is 0 Å². The number of allylic oxidation sites excluding steroid dienone is 1. The third-order valence-electron chi connectivity index (χ3n) is 9.38. The summed E-state index contributed by atoms with van der Waals surface area (Å²) in [6, 6.07) is 0. The first-order chi connectivity index (χ1) is 20.1. The Morgan fingerprint density at radius 2 is 1.17 bits per heavy atom. The molecule has 6 heteroatoms. The monoisotopic (exact) mass is 576 g/mol. The molecule has 3 aliphatic rings. The van der Waals surface area contributed by atoms with Crippen LogP contribution in [0.15, 0.2) is 12.2 Å². The zero-order chi connectivity index (χ0) is 29.1. The van der Waals surface area contributed by atoms with E-state index in [-0.39, 0.29) is 24.1 Å². The molecule has 0 spiro atoms. The number of carbonyl (C=O) groups excluding carboxylic acids is 2. The van der Waals surface area contributed by atoms with Gasteiger partial charge in [-0.3, -0.25) is 9.59 Å². The highest BCUT2D eigenvalue weighted by atomic mass is 16.6. The van der Waals surface area contributed by atoms with Gasteiger partial charge in [0, 0.05) is 12.8 Å². The van der Waals surface area contributed by atoms with Crippen molar-refractivity contribution in [3.8, 4) is 0 Å². The van der Waals surface area contributed by atoms with Gasteiger partial charge in [0.1, 0.15) is 25.4 Å². The number of unbranched alkanes of at least 4 members (excludes halogenated alkanes) is 11. The highest BCUT2D eigenvalue weighted by molar-refractivity contribution is 5.69. The van der Waals surface area contributed by atoms with Crippen LogP contribution >= 0.6 is 0 Å². The predicted octanol–water partition coefficient (Wildman–Crippen LogP) is 8.50. The van der Waals surface area contributed by atoms with Crippen LogP contribution in [0.2, 0.25) is 0 Å². The molecule has 0 aromatic rings. The highest BCUT2D eigenvalue weighted by Gasteiger charge is 2.32. The van der Waals surface area contributed by atoms with Gasteiger partial charge in [-0.1, -0.05) is 96.1 Å². The van der Waals surface area contributed by atoms with Crippen LogP contribution in [0.5, 0.6) is 0 Å². The van der Waals surface area contributed by atoms with Crippen molar-refractivity contribution in [2.45, 2.75) is 154 Å². The van der Waals surface area contributed by atoms with Crippen molar-refractivity contribution in [1.29, 1.82) is 0 Å². The van der Waals surface area contributed by atoms with E-state index in [2.05, 4.69) is 6.92 Å². The molecule has 0 amide bonds. The number of epoxide rings is 2. The SMILES string of the molecule is C=C1C(CCCCCC)CCC(CCCCCCCC(=O)OCC2CO2)C1CCCCCCCC(=O)OCC1CO1. The average molecular weight is 577 g/mol. The van der Waals surface area contributed by atoms with Crippen molar-refractivity contribution in [3.63, 3.8) is 0 Å². The van der Waals surface area contributed by atoms with E-state index < -0.39 is 0 Å². The second-order valence-corrected chi connectivity index (χ2v) is 13.0. The number of ether oxygens (including phenoxy) is 4. The molecule has 3 rings (SSSR count). The van der Waals surface area contributed by atoms with E-state index in [0.29, 0.717) is 32.0 Å². The lowest BCUT2D eigenvalue weighted by molar-refractivity contribution is -0.145. The summed E-state index contributed by atoms with van der Waals surface area (Å²) in [7, 11) is 0. The summed E-state index contributed by atoms with van der Waals surface area (Å²) in [5.74, 6) is 2.05. The fraction of sp³-hybridized carbons (Fsp3) is 0.886. The van der Waals surface area contributed by atoms with Gasteiger partial charge in [-0.05, 0) is 62.7 Å². The molecule has 0 N–H and O–H groups in total. The average Bonchev–Trinajstić information content (AvgIpc) is 3.89. The Labute approximate surface area is 250 Å². The van der Waals surface area contributed by atoms with Gasteiger partial charge in [-0.25, -0.2) is 0 Å². The molecule has 5 unspecified atom stereocenters. The van der Waals surface area contributed by atoms with Gasteiger partial charge in [-0.15, -0.1) is 0 Å². The van der Waals surface area contributed by atoms with Gasteiger partial charge >= 0.3 is 11.9 Å². The molecule has 2 saturated heterocycles. The standard InChI is InChI=1S/C35H60O6/c1-3-4-5-12-17-29-22-23-30(18-13-8-6-10-15-20-34(36)40-26-31-24-38-31)33(28(29)2)19-14-9-7-11-16-21-35(37)41-27-32-25-39-32/h29-33H,2-27H2,1H3. The Morgan fingerprint density at radius 3 is 1.73 bits per heavy atom. The summed E-state index contributed by atoms with van der Waals surface area (Å²) in [5.41, 5.74) is 1.57. The van der Waals surface area contributed by atoms with Crippen molar-refractivity contribution in [1.82, 2.24) is 0 Å². The van der Waals surface area contributed by atoms with E-state index >= 15 is 0 Å². The van der Waals surface area contributed by atoms with Crippen LogP contribution in [0.25, 0.3) is 0 Å². The van der Waals surface area contributed by atoms with Crippen molar-refractivity contribution in [2.24, 2.45) is 17.8 Å². The molecule has 2 aliphatic heterocycles. The van der Waals surface area contributed by atoms with Crippen LogP contribution in [-0.4, -0.2) is 50.6 Å². The Balaban J connectivity index is 1.28. The smallest absolute Gasteiger partial charge is 0.305 e. The van der Waals surface area contributed by atoms with Gasteiger partial charge in [-0.2, -0.15) is 0 Å². The molecular weight excluding hydrogens is 516 g/mol. The molecule has 0 aromatic heterocycles. The van der Waals surface area contributed by atoms with Crippen molar-refractivity contribution in [2.75, 3.05) is 26.4 Å². The van der Waals surface area contributed by atoms with Crippen LogP contribution < -0.4 is 0 Å². The number of carbonyl (C=O) groups is 2. The second-order valence-electron chi connectivity index (χ2n) is 13.0. The van der Waals surface area contributed by atoms with Gasteiger partial charge in [0.25, 0.3) is 0 Å². The minimum absolute atomic E-state index is 0.0739. The molecule has 6 nitrogen and oxygen atoms in total. The van der Waals surface area contributed by atoms with Crippen molar-refractivity contribution in [3.05, 3.63) is 12.2 Å². The van der Waals surface area contributed by atoms with Gasteiger partial charge in [0.05, 0.1) is 13.2 Å². The van der Waals surface area contributed by atoms with E-state index in [1.807, 2.05) is 0 Å². The molecule has 2 heterocycles. The van der Waals surface area contributed by atoms with Gasteiger partial charge in [0.2, 0.25) is 0 Å². The summed E-state index contributed by atoms with van der Waals surface area (Å²) in [6.45, 7) is 9.33. The van der Waals surface area contributed by atoms with Crippen LogP contribution in [0.1, 0.15) is 142 Å². The molecule has 236 valence electrons. The summed E-state index contributed by atoms with van der Waals surface area (Å²) >= 11 is 0. The normalized spacial score (nSPS) is 25.2. The topological polar surface area (TPSA) is 77.7 Å². The minimum atomic E-state index is -0.0752. The van der Waals surface area contributed by atoms with E-state index in [9.17, 15) is 9.59 Å². The molecule has 3 fully saturated rings. The number of rotatable bonds is 25. The van der Waals surface area contributed by atoms with E-state index in [4.69, 9.17) is 25.5 Å². The van der Waals surface area contributed by atoms with E-state index in [1.165, 1.54) is 96.3 Å². The Hall–Kier alpha value is -1.40. The zero-order valence-corrected chi connectivity index (χ0v) is 26.2. The summed E-state index contributed by atoms with van der Waals surface area (Å²) < 4.78 is 20.6. The lowest BCUT2D eigenvalue weighted by Gasteiger charge is -2.39. The van der Waals surface area contributed by atoms with Crippen molar-refractivity contribution < 1.29 is 28.5 Å². The molecule has 0 bridgehead atoms. The number of hydrogen-bond acceptors (Lipinski definition) is 6. The van der Waals surface area contributed by atoms with Crippen molar-refractivity contribution >= 4 is 11.9 Å². The summed E-state index contributed by atoms with van der Waals surface area (Å²) in [6.07, 6.45) is 25.0. The first kappa shape index (κ1) is 34.1. The molecule has 1 saturated carbocycles. The minimum Gasteiger partial charge on any atom is -0.463 e. The Morgan fingerprint density at radius 1 is 0.683 bits per heavy atom. The zero-order valence-electron chi connectivity index (χ0n) is 26.2. The fourth-order valence-corrected chi connectivity index (χ4v) is 6.54. The van der Waals surface area contributed by atoms with Gasteiger partial charge in [0.15, 0.2) is 0 Å². The first-order valence-electron chi connectivity index (χ1n) is 17.3. The molecule has 0 radical (unpaired) electrons. The summed E-state index contributed by atoms with van der Waals surface area (Å²) in [4.78, 5) is 23.6. The Bertz CT molecular complexity index is 743. The van der Waals surface area contributed by atoms with Crippen LogP contribution in [-0.2, 0) is 28.5 Å². The molecule has 5 atom stereocenters. The maximum Gasteiger partial charge on any atom is 0.305 e. The lowest BCUT2D eigenvalue weighted by atomic mass is 9.66. The second kappa shape index (κ2) is 20.5. The first-order valence-corrected chi connectivity index (χ1v) is 17.3. The number of hydrogen-bond donors (Lipinski definition) is 0. The van der Waals surface area contributed by atoms with E-state index in [0.717, 1.165) is 50.7 Å². The van der Waals surface area contributed by atoms with Crippen LogP contribution in [0.3, 0.4) is 0 Å². The highest BCUT2D eigenvalue weighted by Crippen LogP contribution is 2.44. The largest absolute Gasteiger partial charge is 0.463 e. The Kier molecular flexibility index (Phi) is 17.0. The third kappa shape index (κ3) is 15.6. The summed E-state index contributed by atoms with van der Waals surface area (Å²) in [5, 5.41) is 0. The van der Waals surface area contributed by atoms with Crippen LogP contribution in [0, 0.1) is 17.8 Å². The molecule has 0 aromatic carbocycles. The number of esters is 2. The maximum atomic E-state index is 11.8. The lowest BCUT2D eigenvalue weighted by Crippen LogP contribution is -2.27. The third-order valence-corrected chi connectivity index (χ3v) is 9.38.